The monoisotopic (exact) mass is 394 g/mol. The molecule has 2 N–H and O–H groups in total. The van der Waals surface area contributed by atoms with Gasteiger partial charge in [0, 0.05) is 19.0 Å². The summed E-state index contributed by atoms with van der Waals surface area (Å²) in [6.45, 7) is 2.88. The van der Waals surface area contributed by atoms with Gasteiger partial charge in [0.05, 0.1) is 12.6 Å². The number of amides is 1. The molecule has 2 aromatic carbocycles. The molecule has 0 radical (unpaired) electrons. The molecule has 3 aromatic rings. The van der Waals surface area contributed by atoms with Crippen molar-refractivity contribution in [3.05, 3.63) is 70.4 Å². The Morgan fingerprint density at radius 2 is 1.89 bits per heavy atom. The molecule has 1 aromatic heterocycles. The number of nitrogens with one attached hydrogen (secondary N) is 2. The van der Waals surface area contributed by atoms with Gasteiger partial charge in [-0.25, -0.2) is 4.99 Å². The van der Waals surface area contributed by atoms with E-state index in [2.05, 4.69) is 70.4 Å². The van der Waals surface area contributed by atoms with Crippen LogP contribution >= 0.6 is 11.3 Å². The van der Waals surface area contributed by atoms with E-state index in [0.717, 1.165) is 0 Å². The molecule has 28 heavy (non-hydrogen) atoms. The fraction of sp³-hybridized carbons (Fsp3) is 0.273. The van der Waals surface area contributed by atoms with Crippen LogP contribution < -0.4 is 10.6 Å². The number of thiophene rings is 1. The van der Waals surface area contributed by atoms with Crippen LogP contribution in [0.1, 0.15) is 23.4 Å². The lowest BCUT2D eigenvalue weighted by atomic mass is 10.00. The van der Waals surface area contributed by atoms with Crippen LogP contribution in [-0.4, -0.2) is 37.4 Å². The van der Waals surface area contributed by atoms with Gasteiger partial charge in [0.2, 0.25) is 5.91 Å². The number of aliphatic imine (C=N–C) groups is 1. The van der Waals surface area contributed by atoms with Crippen molar-refractivity contribution in [2.75, 3.05) is 20.6 Å². The summed E-state index contributed by atoms with van der Waals surface area (Å²) in [5.74, 6) is 0.596. The molecule has 0 fully saturated rings. The number of guanidine groups is 1. The first-order chi connectivity index (χ1) is 13.5. The first-order valence-electron chi connectivity index (χ1n) is 9.29. The van der Waals surface area contributed by atoms with Gasteiger partial charge in [-0.05, 0) is 34.7 Å². The van der Waals surface area contributed by atoms with Gasteiger partial charge < -0.3 is 15.5 Å². The second-order valence-corrected chi connectivity index (χ2v) is 7.85. The Balaban J connectivity index is 1.78. The molecular weight excluding hydrogens is 368 g/mol. The first-order valence-corrected chi connectivity index (χ1v) is 10.2. The molecule has 0 aliphatic heterocycles. The normalized spacial score (nSPS) is 12.6. The van der Waals surface area contributed by atoms with E-state index in [1.165, 1.54) is 21.2 Å². The largest absolute Gasteiger partial charge is 0.351 e. The third kappa shape index (κ3) is 5.10. The Bertz CT molecular complexity index is 945. The molecule has 6 heteroatoms. The summed E-state index contributed by atoms with van der Waals surface area (Å²) < 4.78 is 0. The van der Waals surface area contributed by atoms with Crippen LogP contribution in [0.2, 0.25) is 0 Å². The lowest BCUT2D eigenvalue weighted by Gasteiger charge is -2.20. The van der Waals surface area contributed by atoms with Crippen LogP contribution in [0, 0.1) is 0 Å². The van der Waals surface area contributed by atoms with Gasteiger partial charge in [0.25, 0.3) is 0 Å². The second-order valence-electron chi connectivity index (χ2n) is 6.82. The molecule has 146 valence electrons. The fourth-order valence-electron chi connectivity index (χ4n) is 2.94. The maximum absolute atomic E-state index is 12.0. The zero-order chi connectivity index (χ0) is 19.9. The maximum Gasteiger partial charge on any atom is 0.243 e. The minimum absolute atomic E-state index is 0.0324. The Hall–Kier alpha value is -2.86. The Labute approximate surface area is 170 Å². The van der Waals surface area contributed by atoms with E-state index >= 15 is 0 Å². The number of carbonyl (C=O) groups is 1. The quantitative estimate of drug-likeness (QED) is 0.494. The number of benzene rings is 2. The number of nitrogens with zero attached hydrogens (tertiary/aromatic N) is 2. The van der Waals surface area contributed by atoms with Crippen molar-refractivity contribution >= 4 is 34.0 Å². The van der Waals surface area contributed by atoms with E-state index in [1.54, 1.807) is 30.3 Å². The number of hydrogen-bond acceptors (Lipinski definition) is 3. The topological polar surface area (TPSA) is 56.7 Å². The van der Waals surface area contributed by atoms with Crippen molar-refractivity contribution in [1.29, 1.82) is 0 Å². The van der Waals surface area contributed by atoms with Gasteiger partial charge in [0.1, 0.15) is 6.54 Å². The highest BCUT2D eigenvalue weighted by atomic mass is 32.1. The van der Waals surface area contributed by atoms with Crippen LogP contribution in [-0.2, 0) is 11.3 Å². The van der Waals surface area contributed by atoms with Crippen molar-refractivity contribution < 1.29 is 4.79 Å². The molecule has 0 saturated carbocycles. The molecule has 1 unspecified atom stereocenters. The van der Waals surface area contributed by atoms with Crippen molar-refractivity contribution in [3.8, 4) is 0 Å². The number of carbonyl (C=O) groups excluding carboxylic acids is 1. The number of likely N-dealkylation sites (N-methyl/N-ethyl adjacent to an activating group) is 1. The number of hydrogen-bond donors (Lipinski definition) is 2. The van der Waals surface area contributed by atoms with Crippen molar-refractivity contribution in [2.45, 2.75) is 19.5 Å². The molecule has 1 heterocycles. The summed E-state index contributed by atoms with van der Waals surface area (Å²) in [4.78, 5) is 19.2. The zero-order valence-electron chi connectivity index (χ0n) is 16.5. The van der Waals surface area contributed by atoms with E-state index < -0.39 is 0 Å². The van der Waals surface area contributed by atoms with Crippen molar-refractivity contribution in [3.63, 3.8) is 0 Å². The van der Waals surface area contributed by atoms with Crippen molar-refractivity contribution in [1.82, 2.24) is 15.5 Å². The minimum atomic E-state index is -0.0324. The number of fused-ring (bicyclic) bond motifs is 1. The Kier molecular flexibility index (Phi) is 6.66. The first kappa shape index (κ1) is 19.9. The summed E-state index contributed by atoms with van der Waals surface area (Å²) >= 11 is 1.69. The van der Waals surface area contributed by atoms with Gasteiger partial charge in [-0.3, -0.25) is 4.79 Å². The van der Waals surface area contributed by atoms with Crippen LogP contribution in [0.5, 0.6) is 0 Å². The lowest BCUT2D eigenvalue weighted by Crippen LogP contribution is -2.39. The SMILES string of the molecule is CC(NC(=NCC(=O)N(C)C)NCc1cccs1)c1cccc2ccccc12. The molecule has 5 nitrogen and oxygen atoms in total. The van der Waals surface area contributed by atoms with Gasteiger partial charge in [-0.2, -0.15) is 0 Å². The van der Waals surface area contributed by atoms with Crippen LogP contribution in [0.3, 0.4) is 0 Å². The predicted octanol–water partition coefficient (Wildman–Crippen LogP) is 3.79. The smallest absolute Gasteiger partial charge is 0.243 e. The van der Waals surface area contributed by atoms with E-state index in [9.17, 15) is 4.79 Å². The zero-order valence-corrected chi connectivity index (χ0v) is 17.3. The standard InChI is InChI=1S/C22H26N4OS/c1-16(19-12-6-9-17-8-4-5-11-20(17)19)25-22(24-15-21(27)26(2)3)23-14-18-10-7-13-28-18/h4-13,16H,14-15H2,1-3H3,(H2,23,24,25). The highest BCUT2D eigenvalue weighted by Gasteiger charge is 2.12. The lowest BCUT2D eigenvalue weighted by molar-refractivity contribution is -0.127. The minimum Gasteiger partial charge on any atom is -0.351 e. The molecule has 0 aliphatic rings. The van der Waals surface area contributed by atoms with Gasteiger partial charge >= 0.3 is 0 Å². The molecule has 3 rings (SSSR count). The van der Waals surface area contributed by atoms with E-state index in [0.29, 0.717) is 12.5 Å². The summed E-state index contributed by atoms with van der Waals surface area (Å²) in [6, 6.07) is 18.8. The Morgan fingerprint density at radius 1 is 1.11 bits per heavy atom. The maximum atomic E-state index is 12.0. The van der Waals surface area contributed by atoms with Gasteiger partial charge in [-0.1, -0.05) is 48.5 Å². The van der Waals surface area contributed by atoms with Gasteiger partial charge in [-0.15, -0.1) is 11.3 Å². The molecule has 0 spiro atoms. The average molecular weight is 395 g/mol. The Morgan fingerprint density at radius 3 is 2.64 bits per heavy atom. The van der Waals surface area contributed by atoms with Gasteiger partial charge in [0.15, 0.2) is 5.96 Å². The van der Waals surface area contributed by atoms with E-state index in [4.69, 9.17) is 0 Å². The molecule has 1 amide bonds. The second kappa shape index (κ2) is 9.37. The molecular formula is C22H26N4OS. The molecule has 0 aliphatic carbocycles. The predicted molar refractivity (Wildman–Crippen MR) is 118 cm³/mol. The van der Waals surface area contributed by atoms with E-state index in [1.807, 2.05) is 12.1 Å². The summed E-state index contributed by atoms with van der Waals surface area (Å²) in [6.07, 6.45) is 0. The highest BCUT2D eigenvalue weighted by molar-refractivity contribution is 7.09. The molecule has 0 saturated heterocycles. The summed E-state index contributed by atoms with van der Waals surface area (Å²) in [7, 11) is 3.48. The van der Waals surface area contributed by atoms with Crippen molar-refractivity contribution in [2.24, 2.45) is 4.99 Å². The van der Waals surface area contributed by atoms with Crippen LogP contribution in [0.25, 0.3) is 10.8 Å². The third-order valence-corrected chi connectivity index (χ3v) is 5.40. The fourth-order valence-corrected chi connectivity index (χ4v) is 3.58. The van der Waals surface area contributed by atoms with Crippen LogP contribution in [0.15, 0.2) is 65.0 Å². The van der Waals surface area contributed by atoms with E-state index in [-0.39, 0.29) is 18.5 Å². The third-order valence-electron chi connectivity index (χ3n) is 4.52. The average Bonchev–Trinajstić information content (AvgIpc) is 3.22. The molecule has 0 bridgehead atoms. The summed E-state index contributed by atoms with van der Waals surface area (Å²) in [5, 5.41) is 11.3. The highest BCUT2D eigenvalue weighted by Crippen LogP contribution is 2.24. The van der Waals surface area contributed by atoms with Crippen LogP contribution in [0.4, 0.5) is 0 Å². The molecule has 1 atom stereocenters. The number of rotatable bonds is 6. The summed E-state index contributed by atoms with van der Waals surface area (Å²) in [5.41, 5.74) is 1.20.